The van der Waals surface area contributed by atoms with Gasteiger partial charge < -0.3 is 23.5 Å². The number of benzene rings is 2. The van der Waals surface area contributed by atoms with E-state index in [1.165, 1.54) is 0 Å². The lowest BCUT2D eigenvalue weighted by molar-refractivity contribution is -0.145. The minimum Gasteiger partial charge on any atom is -0.449 e. The fourth-order valence-electron chi connectivity index (χ4n) is 3.61. The van der Waals surface area contributed by atoms with Gasteiger partial charge in [0, 0.05) is 36.2 Å². The molecule has 0 saturated carbocycles. The normalized spacial score (nSPS) is 15.1. The van der Waals surface area contributed by atoms with Crippen molar-refractivity contribution in [2.75, 3.05) is 32.9 Å². The number of rotatable bonds is 7. The molecule has 7 heteroatoms. The van der Waals surface area contributed by atoms with Crippen molar-refractivity contribution in [1.29, 1.82) is 0 Å². The van der Waals surface area contributed by atoms with Gasteiger partial charge in [-0.25, -0.2) is 4.79 Å². The molecule has 3 aromatic rings. The third-order valence-corrected chi connectivity index (χ3v) is 5.21. The molecule has 0 aliphatic carbocycles. The van der Waals surface area contributed by atoms with E-state index >= 15 is 0 Å². The molecule has 0 bridgehead atoms. The zero-order valence-corrected chi connectivity index (χ0v) is 17.4. The van der Waals surface area contributed by atoms with Crippen LogP contribution in [0.4, 0.5) is 0 Å². The Labute approximate surface area is 180 Å². The lowest BCUT2D eigenvalue weighted by atomic mass is 10.1. The van der Waals surface area contributed by atoms with Crippen LogP contribution in [0.2, 0.25) is 0 Å². The van der Waals surface area contributed by atoms with E-state index in [1.54, 1.807) is 23.1 Å². The number of carbonyl (C=O) groups excluding carboxylic acids is 2. The molecule has 0 radical (unpaired) electrons. The van der Waals surface area contributed by atoms with Crippen molar-refractivity contribution in [1.82, 2.24) is 4.90 Å². The van der Waals surface area contributed by atoms with Crippen molar-refractivity contribution >= 4 is 22.8 Å². The van der Waals surface area contributed by atoms with E-state index in [0.29, 0.717) is 49.6 Å². The highest BCUT2D eigenvalue weighted by Crippen LogP contribution is 2.30. The van der Waals surface area contributed by atoms with Gasteiger partial charge in [0.15, 0.2) is 0 Å². The maximum absolute atomic E-state index is 13.2. The van der Waals surface area contributed by atoms with E-state index in [2.05, 4.69) is 0 Å². The lowest BCUT2D eigenvalue weighted by Crippen LogP contribution is -2.44. The predicted octanol–water partition coefficient (Wildman–Crippen LogP) is 3.73. The molecule has 1 fully saturated rings. The van der Waals surface area contributed by atoms with Gasteiger partial charge in [-0.3, -0.25) is 4.79 Å². The maximum atomic E-state index is 13.2. The summed E-state index contributed by atoms with van der Waals surface area (Å²) in [6, 6.07) is 16.4. The second-order valence-corrected chi connectivity index (χ2v) is 7.18. The van der Waals surface area contributed by atoms with Gasteiger partial charge in [0.05, 0.1) is 19.8 Å². The van der Waals surface area contributed by atoms with E-state index in [0.717, 1.165) is 5.39 Å². The first-order chi connectivity index (χ1) is 15.2. The minimum absolute atomic E-state index is 0.0605. The molecule has 0 unspecified atom stereocenters. The zero-order chi connectivity index (χ0) is 21.6. The Balaban J connectivity index is 1.65. The standard InChI is InChI=1S/C24H25NO6/c1-2-28-16-19-18-10-6-7-11-20(18)30-22(19)24(27)31-21(17-8-4-3-5-9-17)23(26)25-12-14-29-15-13-25/h3-11,21H,2,12-16H2,1H3/t21-/m0/s1. The number of hydrogen-bond donors (Lipinski definition) is 0. The van der Waals surface area contributed by atoms with Crippen LogP contribution in [0.25, 0.3) is 11.0 Å². The SMILES string of the molecule is CCOCc1c(C(=O)O[C@H](C(=O)N2CCOCC2)c2ccccc2)oc2ccccc12. The number of furan rings is 1. The Bertz CT molecular complexity index is 1040. The van der Waals surface area contributed by atoms with Crippen LogP contribution in [0.5, 0.6) is 0 Å². The second-order valence-electron chi connectivity index (χ2n) is 7.18. The summed E-state index contributed by atoms with van der Waals surface area (Å²) in [7, 11) is 0. The maximum Gasteiger partial charge on any atom is 0.375 e. The Hall–Kier alpha value is -3.16. The summed E-state index contributed by atoms with van der Waals surface area (Å²) in [6.45, 7) is 4.43. The number of ether oxygens (including phenoxy) is 3. The van der Waals surface area contributed by atoms with Crippen LogP contribution in [0.1, 0.15) is 34.7 Å². The van der Waals surface area contributed by atoms with Crippen molar-refractivity contribution in [2.45, 2.75) is 19.6 Å². The summed E-state index contributed by atoms with van der Waals surface area (Å²) in [5, 5.41) is 0.790. The number of carbonyl (C=O) groups is 2. The average Bonchev–Trinajstić information content (AvgIpc) is 3.20. The van der Waals surface area contributed by atoms with Crippen LogP contribution in [0.3, 0.4) is 0 Å². The second kappa shape index (κ2) is 9.76. The smallest absolute Gasteiger partial charge is 0.375 e. The molecule has 1 atom stereocenters. The van der Waals surface area contributed by atoms with Crippen LogP contribution < -0.4 is 0 Å². The Kier molecular flexibility index (Phi) is 6.64. The number of amides is 1. The lowest BCUT2D eigenvalue weighted by Gasteiger charge is -2.30. The summed E-state index contributed by atoms with van der Waals surface area (Å²) >= 11 is 0. The average molecular weight is 423 g/mol. The van der Waals surface area contributed by atoms with Crippen LogP contribution in [0, 0.1) is 0 Å². The monoisotopic (exact) mass is 423 g/mol. The number of hydrogen-bond acceptors (Lipinski definition) is 6. The van der Waals surface area contributed by atoms with Gasteiger partial charge in [-0.2, -0.15) is 0 Å². The first kappa shape index (κ1) is 21.1. The van der Waals surface area contributed by atoms with Crippen LogP contribution in [-0.2, 0) is 25.6 Å². The largest absolute Gasteiger partial charge is 0.449 e. The zero-order valence-electron chi connectivity index (χ0n) is 17.4. The molecule has 0 N–H and O–H groups in total. The highest BCUT2D eigenvalue weighted by atomic mass is 16.6. The summed E-state index contributed by atoms with van der Waals surface area (Å²) < 4.78 is 22.5. The first-order valence-corrected chi connectivity index (χ1v) is 10.4. The summed E-state index contributed by atoms with van der Waals surface area (Å²) in [6.07, 6.45) is -1.07. The summed E-state index contributed by atoms with van der Waals surface area (Å²) in [4.78, 5) is 28.1. The molecule has 2 heterocycles. The summed E-state index contributed by atoms with van der Waals surface area (Å²) in [5.74, 6) is -0.906. The number of esters is 1. The quantitative estimate of drug-likeness (QED) is 0.539. The third-order valence-electron chi connectivity index (χ3n) is 5.21. The van der Waals surface area contributed by atoms with E-state index in [4.69, 9.17) is 18.6 Å². The van der Waals surface area contributed by atoms with Gasteiger partial charge in [0.1, 0.15) is 5.58 Å². The van der Waals surface area contributed by atoms with Crippen LogP contribution in [-0.4, -0.2) is 49.7 Å². The van der Waals surface area contributed by atoms with Gasteiger partial charge in [-0.15, -0.1) is 0 Å². The number of morpholine rings is 1. The molecule has 7 nitrogen and oxygen atoms in total. The van der Waals surface area contributed by atoms with Gasteiger partial charge in [0.2, 0.25) is 11.9 Å². The summed E-state index contributed by atoms with van der Waals surface area (Å²) in [5.41, 5.74) is 1.79. The fraction of sp³-hybridized carbons (Fsp3) is 0.333. The highest BCUT2D eigenvalue weighted by molar-refractivity contribution is 5.97. The molecule has 1 aliphatic heterocycles. The Morgan fingerprint density at radius 1 is 1.03 bits per heavy atom. The van der Waals surface area contributed by atoms with E-state index < -0.39 is 12.1 Å². The molecule has 2 aromatic carbocycles. The topological polar surface area (TPSA) is 78.2 Å². The molecule has 1 amide bonds. The van der Waals surface area contributed by atoms with Crippen molar-refractivity contribution < 1.29 is 28.2 Å². The molecular formula is C24H25NO6. The van der Waals surface area contributed by atoms with Gasteiger partial charge >= 0.3 is 5.97 Å². The van der Waals surface area contributed by atoms with Crippen molar-refractivity contribution in [3.63, 3.8) is 0 Å². The molecule has 4 rings (SSSR count). The molecular weight excluding hydrogens is 398 g/mol. The van der Waals surface area contributed by atoms with Crippen LogP contribution >= 0.6 is 0 Å². The molecule has 1 aliphatic rings. The molecule has 1 saturated heterocycles. The molecule has 31 heavy (non-hydrogen) atoms. The van der Waals surface area contributed by atoms with Crippen molar-refractivity contribution in [2.24, 2.45) is 0 Å². The highest BCUT2D eigenvalue weighted by Gasteiger charge is 2.33. The van der Waals surface area contributed by atoms with Crippen LogP contribution in [0.15, 0.2) is 59.0 Å². The number of fused-ring (bicyclic) bond motifs is 1. The molecule has 1 aromatic heterocycles. The van der Waals surface area contributed by atoms with Crippen molar-refractivity contribution in [3.05, 3.63) is 71.5 Å². The minimum atomic E-state index is -1.07. The fourth-order valence-corrected chi connectivity index (χ4v) is 3.61. The Morgan fingerprint density at radius 2 is 1.74 bits per heavy atom. The van der Waals surface area contributed by atoms with Gasteiger partial charge in [0.25, 0.3) is 5.91 Å². The van der Waals surface area contributed by atoms with Gasteiger partial charge in [-0.05, 0) is 13.0 Å². The first-order valence-electron chi connectivity index (χ1n) is 10.4. The Morgan fingerprint density at radius 3 is 2.48 bits per heavy atom. The van der Waals surface area contributed by atoms with Gasteiger partial charge in [-0.1, -0.05) is 48.5 Å². The van der Waals surface area contributed by atoms with E-state index in [9.17, 15) is 9.59 Å². The van der Waals surface area contributed by atoms with E-state index in [1.807, 2.05) is 43.3 Å². The molecule has 0 spiro atoms. The predicted molar refractivity (Wildman–Crippen MR) is 114 cm³/mol. The third kappa shape index (κ3) is 4.62. The molecule has 162 valence electrons. The van der Waals surface area contributed by atoms with E-state index in [-0.39, 0.29) is 18.3 Å². The number of nitrogens with zero attached hydrogens (tertiary/aromatic N) is 1. The van der Waals surface area contributed by atoms with Crippen molar-refractivity contribution in [3.8, 4) is 0 Å². The number of para-hydroxylation sites is 1.